The molecule has 2 rings (SSSR count). The van der Waals surface area contributed by atoms with E-state index in [0.717, 1.165) is 30.0 Å². The summed E-state index contributed by atoms with van der Waals surface area (Å²) in [7, 11) is 0. The molecule has 0 unspecified atom stereocenters. The number of aryl methyl sites for hydroxylation is 1. The summed E-state index contributed by atoms with van der Waals surface area (Å²) in [5, 5.41) is 0. The van der Waals surface area contributed by atoms with Crippen molar-refractivity contribution in [2.45, 2.75) is 52.2 Å². The Hall–Kier alpha value is -1.10. The van der Waals surface area contributed by atoms with Gasteiger partial charge in [0.1, 0.15) is 5.60 Å². The fourth-order valence-corrected chi connectivity index (χ4v) is 3.03. The molecule has 18 heavy (non-hydrogen) atoms. The summed E-state index contributed by atoms with van der Waals surface area (Å²) in [6, 6.07) is 2.21. The van der Waals surface area contributed by atoms with Crippen LogP contribution in [-0.2, 0) is 4.74 Å². The Kier molecular flexibility index (Phi) is 3.61. The van der Waals surface area contributed by atoms with E-state index in [1.807, 2.05) is 32.6 Å². The van der Waals surface area contributed by atoms with Gasteiger partial charge in [0.2, 0.25) is 0 Å². The Labute approximate surface area is 112 Å². The van der Waals surface area contributed by atoms with E-state index in [2.05, 4.69) is 10.4 Å². The first-order valence-corrected chi connectivity index (χ1v) is 7.07. The van der Waals surface area contributed by atoms with Gasteiger partial charge in [-0.15, -0.1) is 0 Å². The van der Waals surface area contributed by atoms with Crippen LogP contribution >= 0.6 is 11.5 Å². The molecule has 1 fully saturated rings. The molecule has 0 aliphatic carbocycles. The molecule has 0 saturated carbocycles. The van der Waals surface area contributed by atoms with Gasteiger partial charge in [0, 0.05) is 11.4 Å². The zero-order valence-electron chi connectivity index (χ0n) is 11.4. The van der Waals surface area contributed by atoms with Gasteiger partial charge < -0.3 is 9.64 Å². The summed E-state index contributed by atoms with van der Waals surface area (Å²) < 4.78 is 9.74. The summed E-state index contributed by atoms with van der Waals surface area (Å²) in [4.78, 5) is 15.1. The van der Waals surface area contributed by atoms with Crippen LogP contribution in [0.4, 0.5) is 4.79 Å². The Morgan fingerprint density at radius 2 is 2.28 bits per heavy atom. The van der Waals surface area contributed by atoms with Crippen molar-refractivity contribution >= 4 is 17.6 Å². The molecule has 0 radical (unpaired) electrons. The second kappa shape index (κ2) is 4.88. The molecule has 100 valence electrons. The van der Waals surface area contributed by atoms with Crippen molar-refractivity contribution in [3.63, 3.8) is 0 Å². The minimum absolute atomic E-state index is 0.144. The lowest BCUT2D eigenvalue weighted by molar-refractivity contribution is 0.0227. The van der Waals surface area contributed by atoms with Crippen molar-refractivity contribution in [1.29, 1.82) is 0 Å². The molecule has 0 bridgehead atoms. The highest BCUT2D eigenvalue weighted by Gasteiger charge is 2.34. The zero-order valence-corrected chi connectivity index (χ0v) is 12.2. The topological polar surface area (TPSA) is 42.4 Å². The van der Waals surface area contributed by atoms with E-state index >= 15 is 0 Å². The quantitative estimate of drug-likeness (QED) is 0.782. The Balaban J connectivity index is 2.10. The van der Waals surface area contributed by atoms with Crippen LogP contribution in [0.15, 0.2) is 6.07 Å². The minimum atomic E-state index is -0.437. The maximum absolute atomic E-state index is 12.1. The monoisotopic (exact) mass is 268 g/mol. The highest BCUT2D eigenvalue weighted by molar-refractivity contribution is 7.05. The lowest BCUT2D eigenvalue weighted by Gasteiger charge is -2.27. The average Bonchev–Trinajstić information content (AvgIpc) is 2.81. The number of nitrogens with zero attached hydrogens (tertiary/aromatic N) is 2. The molecule has 1 aliphatic rings. The number of hydrogen-bond acceptors (Lipinski definition) is 4. The van der Waals surface area contributed by atoms with Gasteiger partial charge in [0.05, 0.1) is 11.7 Å². The predicted molar refractivity (Wildman–Crippen MR) is 71.8 cm³/mol. The van der Waals surface area contributed by atoms with Crippen LogP contribution in [0.25, 0.3) is 0 Å². The number of likely N-dealkylation sites (tertiary alicyclic amines) is 1. The third kappa shape index (κ3) is 3.02. The van der Waals surface area contributed by atoms with Crippen molar-refractivity contribution < 1.29 is 9.53 Å². The molecule has 1 amide bonds. The molecule has 1 aromatic heterocycles. The molecule has 1 saturated heterocycles. The second-order valence-corrected chi connectivity index (χ2v) is 6.54. The van der Waals surface area contributed by atoms with E-state index in [4.69, 9.17) is 4.74 Å². The van der Waals surface area contributed by atoms with Gasteiger partial charge >= 0.3 is 6.09 Å². The molecule has 5 heteroatoms. The van der Waals surface area contributed by atoms with Gasteiger partial charge in [-0.3, -0.25) is 0 Å². The summed E-state index contributed by atoms with van der Waals surface area (Å²) in [6.07, 6.45) is 1.82. The average molecular weight is 268 g/mol. The minimum Gasteiger partial charge on any atom is -0.444 e. The standard InChI is InChI=1S/C13H20N2O2S/c1-9-8-11(18-14-9)10-6-5-7-15(10)12(16)17-13(2,3)4/h8,10H,5-7H2,1-4H3/t10-/m1/s1. The number of ether oxygens (including phenoxy) is 1. The highest BCUT2D eigenvalue weighted by atomic mass is 32.1. The van der Waals surface area contributed by atoms with E-state index in [0.29, 0.717) is 0 Å². The molecule has 1 aliphatic heterocycles. The second-order valence-electron chi connectivity index (χ2n) is 5.70. The van der Waals surface area contributed by atoms with E-state index in [-0.39, 0.29) is 12.1 Å². The van der Waals surface area contributed by atoms with Gasteiger partial charge in [-0.2, -0.15) is 4.37 Å². The van der Waals surface area contributed by atoms with Crippen LogP contribution in [0.5, 0.6) is 0 Å². The number of hydrogen-bond donors (Lipinski definition) is 0. The van der Waals surface area contributed by atoms with Gasteiger partial charge in [-0.25, -0.2) is 4.79 Å². The normalized spacial score (nSPS) is 20.2. The SMILES string of the molecule is Cc1cc([C@H]2CCCN2C(=O)OC(C)(C)C)sn1. The van der Waals surface area contributed by atoms with Crippen molar-refractivity contribution in [2.24, 2.45) is 0 Å². The third-order valence-electron chi connectivity index (χ3n) is 2.86. The van der Waals surface area contributed by atoms with Gasteiger partial charge in [-0.05, 0) is 58.1 Å². The summed E-state index contributed by atoms with van der Waals surface area (Å²) in [6.45, 7) is 8.44. The molecule has 2 heterocycles. The largest absolute Gasteiger partial charge is 0.444 e. The van der Waals surface area contributed by atoms with E-state index in [9.17, 15) is 4.79 Å². The number of carbonyl (C=O) groups is 1. The lowest BCUT2D eigenvalue weighted by Crippen LogP contribution is -2.36. The molecular weight excluding hydrogens is 248 g/mol. The fourth-order valence-electron chi connectivity index (χ4n) is 2.14. The summed E-state index contributed by atoms with van der Waals surface area (Å²) in [5.41, 5.74) is 0.583. The third-order valence-corrected chi connectivity index (χ3v) is 3.84. The smallest absolute Gasteiger partial charge is 0.410 e. The van der Waals surface area contributed by atoms with E-state index < -0.39 is 5.60 Å². The molecule has 0 spiro atoms. The maximum atomic E-state index is 12.1. The number of rotatable bonds is 1. The van der Waals surface area contributed by atoms with Crippen LogP contribution < -0.4 is 0 Å². The Bertz CT molecular complexity index is 436. The molecule has 1 aromatic rings. The molecule has 1 atom stereocenters. The number of carbonyl (C=O) groups excluding carboxylic acids is 1. The fraction of sp³-hybridized carbons (Fsp3) is 0.692. The van der Waals surface area contributed by atoms with Crippen LogP contribution in [0.2, 0.25) is 0 Å². The highest BCUT2D eigenvalue weighted by Crippen LogP contribution is 2.35. The van der Waals surface area contributed by atoms with Crippen molar-refractivity contribution in [3.8, 4) is 0 Å². The van der Waals surface area contributed by atoms with Gasteiger partial charge in [-0.1, -0.05) is 0 Å². The first-order chi connectivity index (χ1) is 8.37. The van der Waals surface area contributed by atoms with Crippen LogP contribution in [0.3, 0.4) is 0 Å². The molecule has 4 nitrogen and oxygen atoms in total. The maximum Gasteiger partial charge on any atom is 0.410 e. The first-order valence-electron chi connectivity index (χ1n) is 6.29. The van der Waals surface area contributed by atoms with E-state index in [1.54, 1.807) is 0 Å². The van der Waals surface area contributed by atoms with Gasteiger partial charge in [0.15, 0.2) is 0 Å². The van der Waals surface area contributed by atoms with Crippen molar-refractivity contribution in [3.05, 3.63) is 16.6 Å². The number of amides is 1. The molecule has 0 N–H and O–H groups in total. The lowest BCUT2D eigenvalue weighted by atomic mass is 10.2. The predicted octanol–water partition coefficient (Wildman–Crippen LogP) is 3.52. The zero-order chi connectivity index (χ0) is 13.3. The van der Waals surface area contributed by atoms with Crippen LogP contribution in [0, 0.1) is 6.92 Å². The molecule has 0 aromatic carbocycles. The van der Waals surface area contributed by atoms with Crippen LogP contribution in [0.1, 0.15) is 50.2 Å². The van der Waals surface area contributed by atoms with Gasteiger partial charge in [0.25, 0.3) is 0 Å². The molecular formula is C13H20N2O2S. The van der Waals surface area contributed by atoms with Crippen molar-refractivity contribution in [2.75, 3.05) is 6.54 Å². The van der Waals surface area contributed by atoms with Crippen molar-refractivity contribution in [1.82, 2.24) is 9.27 Å². The summed E-state index contributed by atoms with van der Waals surface area (Å²) in [5.74, 6) is 0. The van der Waals surface area contributed by atoms with Crippen LogP contribution in [-0.4, -0.2) is 27.5 Å². The van der Waals surface area contributed by atoms with E-state index in [1.165, 1.54) is 11.5 Å². The Morgan fingerprint density at radius 3 is 2.83 bits per heavy atom. The number of aromatic nitrogens is 1. The summed E-state index contributed by atoms with van der Waals surface area (Å²) >= 11 is 1.49. The first kappa shape index (κ1) is 13.3. The Morgan fingerprint density at radius 1 is 1.56 bits per heavy atom.